The van der Waals surface area contributed by atoms with E-state index in [2.05, 4.69) is 15.1 Å². The van der Waals surface area contributed by atoms with E-state index >= 15 is 0 Å². The maximum atomic E-state index is 13.1. The SMILES string of the molecule is Cc1ccc(C2=NN(C(=O)COc3ncnc4ccccc34)[C@@H](c3ccco3)C2)cc1. The van der Waals surface area contributed by atoms with E-state index in [1.807, 2.05) is 67.6 Å². The Morgan fingerprint density at radius 1 is 1.10 bits per heavy atom. The molecule has 1 amide bonds. The fourth-order valence-corrected chi connectivity index (χ4v) is 3.65. The van der Waals surface area contributed by atoms with E-state index in [1.54, 1.807) is 6.26 Å². The zero-order valence-electron chi connectivity index (χ0n) is 16.9. The van der Waals surface area contributed by atoms with Crippen molar-refractivity contribution in [2.45, 2.75) is 19.4 Å². The average molecular weight is 412 g/mol. The van der Waals surface area contributed by atoms with Crippen LogP contribution in [0.15, 0.2) is 82.8 Å². The van der Waals surface area contributed by atoms with E-state index in [1.165, 1.54) is 16.9 Å². The minimum absolute atomic E-state index is 0.192. The second-order valence-electron chi connectivity index (χ2n) is 7.37. The van der Waals surface area contributed by atoms with Crippen molar-refractivity contribution >= 4 is 22.5 Å². The van der Waals surface area contributed by atoms with E-state index < -0.39 is 0 Å². The number of para-hydroxylation sites is 1. The van der Waals surface area contributed by atoms with Gasteiger partial charge in [-0.15, -0.1) is 0 Å². The number of benzene rings is 2. The van der Waals surface area contributed by atoms with Gasteiger partial charge in [0.05, 0.1) is 22.9 Å². The second kappa shape index (κ2) is 8.02. The van der Waals surface area contributed by atoms with Crippen LogP contribution in [0.4, 0.5) is 0 Å². The van der Waals surface area contributed by atoms with E-state index in [0.29, 0.717) is 18.1 Å². The molecule has 5 rings (SSSR count). The van der Waals surface area contributed by atoms with Crippen molar-refractivity contribution in [1.29, 1.82) is 0 Å². The summed E-state index contributed by atoms with van der Waals surface area (Å²) in [6.45, 7) is 1.85. The number of carbonyl (C=O) groups is 1. The van der Waals surface area contributed by atoms with E-state index in [4.69, 9.17) is 9.15 Å². The lowest BCUT2D eigenvalue weighted by atomic mass is 10.0. The maximum Gasteiger partial charge on any atom is 0.281 e. The number of hydrogen-bond acceptors (Lipinski definition) is 6. The largest absolute Gasteiger partial charge is 0.467 e. The lowest BCUT2D eigenvalue weighted by molar-refractivity contribution is -0.135. The van der Waals surface area contributed by atoms with Crippen molar-refractivity contribution < 1.29 is 13.9 Å². The number of amides is 1. The molecule has 0 aliphatic carbocycles. The summed E-state index contributed by atoms with van der Waals surface area (Å²) in [5, 5.41) is 6.84. The first kappa shape index (κ1) is 19.0. The monoisotopic (exact) mass is 412 g/mol. The Morgan fingerprint density at radius 3 is 2.74 bits per heavy atom. The molecule has 1 aliphatic heterocycles. The molecular formula is C24H20N4O3. The summed E-state index contributed by atoms with van der Waals surface area (Å²) in [6, 6.07) is 19.0. The first-order valence-electron chi connectivity index (χ1n) is 10.0. The Hall–Kier alpha value is -4.00. The van der Waals surface area contributed by atoms with Gasteiger partial charge in [-0.2, -0.15) is 5.10 Å². The molecule has 2 aromatic heterocycles. The fourth-order valence-electron chi connectivity index (χ4n) is 3.65. The summed E-state index contributed by atoms with van der Waals surface area (Å²) in [6.07, 6.45) is 3.60. The fraction of sp³-hybridized carbons (Fsp3) is 0.167. The van der Waals surface area contributed by atoms with Crippen LogP contribution in [-0.2, 0) is 4.79 Å². The quantitative estimate of drug-likeness (QED) is 0.489. The highest BCUT2D eigenvalue weighted by Crippen LogP contribution is 2.33. The molecule has 0 saturated carbocycles. The summed E-state index contributed by atoms with van der Waals surface area (Å²) < 4.78 is 11.4. The van der Waals surface area contributed by atoms with Crippen molar-refractivity contribution in [3.63, 3.8) is 0 Å². The number of rotatable bonds is 5. The molecule has 0 bridgehead atoms. The molecule has 3 heterocycles. The molecule has 31 heavy (non-hydrogen) atoms. The molecule has 154 valence electrons. The van der Waals surface area contributed by atoms with Crippen LogP contribution >= 0.6 is 0 Å². The van der Waals surface area contributed by atoms with Gasteiger partial charge >= 0.3 is 0 Å². The number of fused-ring (bicyclic) bond motifs is 1. The van der Waals surface area contributed by atoms with E-state index in [0.717, 1.165) is 22.2 Å². The van der Waals surface area contributed by atoms with Gasteiger partial charge in [-0.05, 0) is 36.8 Å². The van der Waals surface area contributed by atoms with Gasteiger partial charge in [0, 0.05) is 6.42 Å². The van der Waals surface area contributed by atoms with Gasteiger partial charge in [0.2, 0.25) is 5.88 Å². The Bertz CT molecular complexity index is 1240. The highest BCUT2D eigenvalue weighted by Gasteiger charge is 2.35. The average Bonchev–Trinajstić information content (AvgIpc) is 3.48. The van der Waals surface area contributed by atoms with Crippen LogP contribution in [0.2, 0.25) is 0 Å². The van der Waals surface area contributed by atoms with E-state index in [-0.39, 0.29) is 18.6 Å². The molecule has 0 saturated heterocycles. The van der Waals surface area contributed by atoms with Crippen molar-refractivity contribution in [2.75, 3.05) is 6.61 Å². The molecule has 7 nitrogen and oxygen atoms in total. The number of nitrogens with zero attached hydrogens (tertiary/aromatic N) is 4. The second-order valence-corrected chi connectivity index (χ2v) is 7.37. The van der Waals surface area contributed by atoms with Crippen LogP contribution < -0.4 is 4.74 Å². The summed E-state index contributed by atoms with van der Waals surface area (Å²) in [5.74, 6) is 0.785. The minimum atomic E-state index is -0.315. The standard InChI is InChI=1S/C24H20N4O3/c1-16-8-10-17(11-9-16)20-13-21(22-7-4-12-30-22)28(27-20)23(29)14-31-24-18-5-2-3-6-19(18)25-15-26-24/h2-12,15,21H,13-14H2,1H3/t21-/m1/s1. The smallest absolute Gasteiger partial charge is 0.281 e. The van der Waals surface area contributed by atoms with Crippen molar-refractivity contribution in [1.82, 2.24) is 15.0 Å². The number of hydrogen-bond donors (Lipinski definition) is 0. The zero-order chi connectivity index (χ0) is 21.2. The van der Waals surface area contributed by atoms with Gasteiger partial charge < -0.3 is 9.15 Å². The predicted octanol–water partition coefficient (Wildman–Crippen LogP) is 4.29. The van der Waals surface area contributed by atoms with Gasteiger partial charge in [-0.25, -0.2) is 15.0 Å². The highest BCUT2D eigenvalue weighted by molar-refractivity contribution is 6.03. The third kappa shape index (κ3) is 3.77. The first-order valence-corrected chi connectivity index (χ1v) is 10.0. The van der Waals surface area contributed by atoms with E-state index in [9.17, 15) is 4.79 Å². The summed E-state index contributed by atoms with van der Waals surface area (Å²) in [4.78, 5) is 21.5. The summed E-state index contributed by atoms with van der Waals surface area (Å²) in [7, 11) is 0. The molecule has 2 aromatic carbocycles. The minimum Gasteiger partial charge on any atom is -0.467 e. The molecule has 0 spiro atoms. The number of ether oxygens (including phenoxy) is 1. The van der Waals surface area contributed by atoms with Crippen molar-refractivity contribution in [3.8, 4) is 5.88 Å². The third-order valence-electron chi connectivity index (χ3n) is 5.26. The Morgan fingerprint density at radius 2 is 1.94 bits per heavy atom. The van der Waals surface area contributed by atoms with Gasteiger partial charge in [0.25, 0.3) is 5.91 Å². The molecule has 0 N–H and O–H groups in total. The number of furan rings is 1. The van der Waals surface area contributed by atoms with Gasteiger partial charge in [0.15, 0.2) is 6.61 Å². The molecule has 0 unspecified atom stereocenters. The van der Waals surface area contributed by atoms with Crippen LogP contribution in [0.1, 0.15) is 29.3 Å². The lowest BCUT2D eigenvalue weighted by Crippen LogP contribution is -2.31. The molecule has 7 heteroatoms. The first-order chi connectivity index (χ1) is 15.2. The van der Waals surface area contributed by atoms with Gasteiger partial charge in [-0.3, -0.25) is 4.79 Å². The Balaban J connectivity index is 1.39. The molecular weight excluding hydrogens is 392 g/mol. The van der Waals surface area contributed by atoms with Crippen molar-refractivity contribution in [2.24, 2.45) is 5.10 Å². The van der Waals surface area contributed by atoms with Gasteiger partial charge in [0.1, 0.15) is 18.1 Å². The van der Waals surface area contributed by atoms with Crippen LogP contribution in [0.5, 0.6) is 5.88 Å². The molecule has 1 atom stereocenters. The van der Waals surface area contributed by atoms with Gasteiger partial charge in [-0.1, -0.05) is 42.0 Å². The lowest BCUT2D eigenvalue weighted by Gasteiger charge is -2.20. The number of carbonyl (C=O) groups excluding carboxylic acids is 1. The zero-order valence-corrected chi connectivity index (χ0v) is 16.9. The molecule has 1 aliphatic rings. The van der Waals surface area contributed by atoms with Crippen LogP contribution in [0, 0.1) is 6.92 Å². The highest BCUT2D eigenvalue weighted by atomic mass is 16.5. The Labute approximate surface area is 179 Å². The maximum absolute atomic E-state index is 13.1. The number of aromatic nitrogens is 2. The third-order valence-corrected chi connectivity index (χ3v) is 5.26. The summed E-state index contributed by atoms with van der Waals surface area (Å²) >= 11 is 0. The molecule has 4 aromatic rings. The molecule has 0 radical (unpaired) electrons. The molecule has 0 fully saturated rings. The van der Waals surface area contributed by atoms with Crippen molar-refractivity contribution in [3.05, 3.63) is 90.1 Å². The predicted molar refractivity (Wildman–Crippen MR) is 116 cm³/mol. The topological polar surface area (TPSA) is 80.8 Å². The summed E-state index contributed by atoms with van der Waals surface area (Å²) in [5.41, 5.74) is 3.75. The normalized spacial score (nSPS) is 15.8. The Kier molecular flexibility index (Phi) is 4.92. The number of aryl methyl sites for hydroxylation is 1. The van der Waals surface area contributed by atoms with Crippen LogP contribution in [0.25, 0.3) is 10.9 Å². The van der Waals surface area contributed by atoms with Crippen LogP contribution in [0.3, 0.4) is 0 Å². The van der Waals surface area contributed by atoms with Crippen LogP contribution in [-0.4, -0.2) is 33.2 Å². The number of hydrazone groups is 1.